The maximum absolute atomic E-state index is 12.7. The number of hydrogen-bond acceptors (Lipinski definition) is 4. The lowest BCUT2D eigenvalue weighted by atomic mass is 10.0. The molecule has 1 heterocycles. The van der Waals surface area contributed by atoms with Crippen LogP contribution in [-0.4, -0.2) is 32.6 Å². The van der Waals surface area contributed by atoms with Crippen LogP contribution in [0.1, 0.15) is 38.8 Å². The fraction of sp³-hybridized carbons (Fsp3) is 0.625. The second-order valence-electron chi connectivity index (χ2n) is 5.77. The fourth-order valence-corrected chi connectivity index (χ4v) is 4.96. The molecule has 0 saturated carbocycles. The lowest BCUT2D eigenvalue weighted by molar-refractivity contribution is 0.255. The largest absolute Gasteiger partial charge is 0.492 e. The number of para-hydroxylation sites is 1. The molecule has 1 N–H and O–H groups in total. The minimum Gasteiger partial charge on any atom is -0.492 e. The zero-order valence-electron chi connectivity index (χ0n) is 13.0. The molecule has 1 aliphatic heterocycles. The van der Waals surface area contributed by atoms with Crippen LogP contribution in [0.4, 0.5) is 0 Å². The molecule has 0 fully saturated rings. The van der Waals surface area contributed by atoms with Crippen LogP contribution in [0.15, 0.2) is 24.3 Å². The Morgan fingerprint density at radius 1 is 1.33 bits per heavy atom. The van der Waals surface area contributed by atoms with Crippen molar-refractivity contribution in [2.24, 2.45) is 5.92 Å². The molecule has 5 heteroatoms. The second-order valence-corrected chi connectivity index (χ2v) is 8.03. The van der Waals surface area contributed by atoms with Crippen molar-refractivity contribution >= 4 is 9.84 Å². The number of hydrogen-bond donors (Lipinski definition) is 1. The average Bonchev–Trinajstić information content (AvgIpc) is 2.47. The van der Waals surface area contributed by atoms with Gasteiger partial charge in [0.25, 0.3) is 0 Å². The lowest BCUT2D eigenvalue weighted by Gasteiger charge is -2.34. The molecular weight excluding hydrogens is 286 g/mol. The number of rotatable bonds is 6. The van der Waals surface area contributed by atoms with E-state index in [1.165, 1.54) is 0 Å². The molecule has 0 bridgehead atoms. The van der Waals surface area contributed by atoms with Crippen molar-refractivity contribution in [2.75, 3.05) is 18.9 Å². The minimum absolute atomic E-state index is 0.175. The van der Waals surface area contributed by atoms with Crippen molar-refractivity contribution in [2.45, 2.75) is 38.5 Å². The molecule has 118 valence electrons. The van der Waals surface area contributed by atoms with Crippen molar-refractivity contribution in [3.05, 3.63) is 29.8 Å². The van der Waals surface area contributed by atoms with Crippen molar-refractivity contribution in [1.82, 2.24) is 5.32 Å². The maximum atomic E-state index is 12.7. The molecule has 0 saturated heterocycles. The topological polar surface area (TPSA) is 55.4 Å². The first kappa shape index (κ1) is 16.3. The van der Waals surface area contributed by atoms with Crippen molar-refractivity contribution in [3.8, 4) is 5.75 Å². The number of fused-ring (bicyclic) bond motifs is 1. The molecule has 0 amide bonds. The van der Waals surface area contributed by atoms with Crippen LogP contribution in [0.3, 0.4) is 0 Å². The zero-order valence-corrected chi connectivity index (χ0v) is 13.8. The first-order valence-corrected chi connectivity index (χ1v) is 9.37. The van der Waals surface area contributed by atoms with E-state index in [-0.39, 0.29) is 24.3 Å². The number of sulfone groups is 1. The van der Waals surface area contributed by atoms with Gasteiger partial charge >= 0.3 is 0 Å². The van der Waals surface area contributed by atoms with Gasteiger partial charge in [-0.15, -0.1) is 0 Å². The molecule has 0 spiro atoms. The van der Waals surface area contributed by atoms with Crippen LogP contribution in [0.5, 0.6) is 5.75 Å². The molecule has 0 aliphatic carbocycles. The summed E-state index contributed by atoms with van der Waals surface area (Å²) >= 11 is 0. The maximum Gasteiger partial charge on any atom is 0.158 e. The smallest absolute Gasteiger partial charge is 0.158 e. The van der Waals surface area contributed by atoms with E-state index in [4.69, 9.17) is 4.74 Å². The van der Waals surface area contributed by atoms with E-state index in [2.05, 4.69) is 5.32 Å². The quantitative estimate of drug-likeness (QED) is 0.877. The van der Waals surface area contributed by atoms with Gasteiger partial charge in [0, 0.05) is 5.56 Å². The highest BCUT2D eigenvalue weighted by atomic mass is 32.2. The van der Waals surface area contributed by atoms with E-state index in [0.717, 1.165) is 24.3 Å². The summed E-state index contributed by atoms with van der Waals surface area (Å²) < 4.78 is 31.2. The summed E-state index contributed by atoms with van der Waals surface area (Å²) in [6.45, 7) is 6.96. The normalized spacial score (nSPS) is 23.2. The molecule has 1 aromatic rings. The van der Waals surface area contributed by atoms with Gasteiger partial charge in [-0.25, -0.2) is 8.42 Å². The number of ether oxygens (including phenoxy) is 1. The van der Waals surface area contributed by atoms with Crippen LogP contribution >= 0.6 is 0 Å². The Bertz CT molecular complexity index is 571. The van der Waals surface area contributed by atoms with Gasteiger partial charge < -0.3 is 10.1 Å². The Morgan fingerprint density at radius 3 is 2.71 bits per heavy atom. The highest BCUT2D eigenvalue weighted by Gasteiger charge is 2.39. The third-order valence-electron chi connectivity index (χ3n) is 4.13. The van der Waals surface area contributed by atoms with E-state index in [1.54, 1.807) is 0 Å². The Hall–Kier alpha value is -1.07. The summed E-state index contributed by atoms with van der Waals surface area (Å²) in [6.07, 6.45) is 0.870. The summed E-state index contributed by atoms with van der Waals surface area (Å²) in [6, 6.07) is 7.51. The van der Waals surface area contributed by atoms with E-state index in [0.29, 0.717) is 0 Å². The first-order valence-electron chi connectivity index (χ1n) is 7.66. The van der Waals surface area contributed by atoms with E-state index >= 15 is 0 Å². The second kappa shape index (κ2) is 6.79. The highest BCUT2D eigenvalue weighted by Crippen LogP contribution is 2.35. The minimum atomic E-state index is -3.20. The van der Waals surface area contributed by atoms with Crippen LogP contribution in [0.25, 0.3) is 0 Å². The van der Waals surface area contributed by atoms with Gasteiger partial charge in [-0.3, -0.25) is 0 Å². The van der Waals surface area contributed by atoms with Crippen LogP contribution in [0, 0.1) is 5.92 Å². The summed E-state index contributed by atoms with van der Waals surface area (Å²) in [4.78, 5) is 0. The highest BCUT2D eigenvalue weighted by molar-refractivity contribution is 7.92. The number of benzene rings is 1. The molecule has 4 nitrogen and oxygen atoms in total. The SMILES string of the molecule is CCNC1c2ccccc2OCC1S(=O)(=O)CC(C)CC. The summed E-state index contributed by atoms with van der Waals surface area (Å²) in [5.41, 5.74) is 0.948. The van der Waals surface area contributed by atoms with E-state index < -0.39 is 15.1 Å². The summed E-state index contributed by atoms with van der Waals surface area (Å²) in [5.74, 6) is 1.19. The van der Waals surface area contributed by atoms with Crippen LogP contribution in [-0.2, 0) is 9.84 Å². The molecule has 0 aromatic heterocycles. The third kappa shape index (κ3) is 3.58. The van der Waals surface area contributed by atoms with Crippen LogP contribution < -0.4 is 10.1 Å². The predicted octanol–water partition coefficient (Wildman–Crippen LogP) is 2.56. The predicted molar refractivity (Wildman–Crippen MR) is 85.4 cm³/mol. The van der Waals surface area contributed by atoms with Gasteiger partial charge in [-0.1, -0.05) is 45.4 Å². The molecule has 1 aliphatic rings. The molecule has 2 rings (SSSR count). The van der Waals surface area contributed by atoms with Crippen molar-refractivity contribution < 1.29 is 13.2 Å². The van der Waals surface area contributed by atoms with Crippen molar-refractivity contribution in [3.63, 3.8) is 0 Å². The van der Waals surface area contributed by atoms with Gasteiger partial charge in [0.2, 0.25) is 0 Å². The first-order chi connectivity index (χ1) is 9.99. The monoisotopic (exact) mass is 311 g/mol. The average molecular weight is 311 g/mol. The molecular formula is C16H25NO3S. The Balaban J connectivity index is 2.32. The standard InChI is InChI=1S/C16H25NO3S/c1-4-12(3)11-21(18,19)15-10-20-14-9-7-6-8-13(14)16(15)17-5-2/h6-9,12,15-17H,4-5,10-11H2,1-3H3. The van der Waals surface area contributed by atoms with Gasteiger partial charge in [-0.2, -0.15) is 0 Å². The summed E-state index contributed by atoms with van der Waals surface area (Å²) in [5, 5.41) is 2.82. The van der Waals surface area contributed by atoms with Gasteiger partial charge in [0.05, 0.1) is 11.8 Å². The van der Waals surface area contributed by atoms with Gasteiger partial charge in [0.15, 0.2) is 9.84 Å². The zero-order chi connectivity index (χ0) is 15.5. The van der Waals surface area contributed by atoms with Crippen molar-refractivity contribution in [1.29, 1.82) is 0 Å². The van der Waals surface area contributed by atoms with Crippen LogP contribution in [0.2, 0.25) is 0 Å². The molecule has 0 radical (unpaired) electrons. The molecule has 21 heavy (non-hydrogen) atoms. The van der Waals surface area contributed by atoms with E-state index in [1.807, 2.05) is 45.0 Å². The Kier molecular flexibility index (Phi) is 5.27. The fourth-order valence-electron chi connectivity index (χ4n) is 2.75. The Labute approximate surface area is 127 Å². The third-order valence-corrected chi connectivity index (χ3v) is 6.49. The van der Waals surface area contributed by atoms with Gasteiger partial charge in [-0.05, 0) is 18.5 Å². The van der Waals surface area contributed by atoms with E-state index in [9.17, 15) is 8.42 Å². The lowest BCUT2D eigenvalue weighted by Crippen LogP contribution is -2.45. The molecule has 3 unspecified atom stereocenters. The summed E-state index contributed by atoms with van der Waals surface area (Å²) in [7, 11) is -3.20. The Morgan fingerprint density at radius 2 is 2.05 bits per heavy atom. The van der Waals surface area contributed by atoms with Gasteiger partial charge in [0.1, 0.15) is 17.6 Å². The molecule has 3 atom stereocenters. The molecule has 1 aromatic carbocycles. The number of nitrogens with one attached hydrogen (secondary N) is 1.